The molecule has 2 aromatic rings. The minimum Gasteiger partial charge on any atom is -0.381 e. The smallest absolute Gasteiger partial charge is 0.381 e. The van der Waals surface area contributed by atoms with Gasteiger partial charge < -0.3 is 15.4 Å². The molecule has 0 spiro atoms. The summed E-state index contributed by atoms with van der Waals surface area (Å²) < 4.78 is 45.2. The van der Waals surface area contributed by atoms with Crippen LogP contribution in [0.15, 0.2) is 18.2 Å². The van der Waals surface area contributed by atoms with E-state index in [9.17, 15) is 18.0 Å². The van der Waals surface area contributed by atoms with E-state index in [2.05, 4.69) is 34.7 Å². The SMILES string of the molecule is CC(C)C1C[C@@H](NC2CCOCC2)C[C@H]1C(=O)Nc1n[nH]c2c(C(F)(F)F)cccc12. The zero-order valence-electron chi connectivity index (χ0n) is 17.8. The summed E-state index contributed by atoms with van der Waals surface area (Å²) >= 11 is 0. The van der Waals surface area contributed by atoms with Crippen molar-refractivity contribution in [2.45, 2.75) is 57.8 Å². The van der Waals surface area contributed by atoms with Crippen LogP contribution in [0.2, 0.25) is 0 Å². The Morgan fingerprint density at radius 2 is 1.94 bits per heavy atom. The number of nitrogens with one attached hydrogen (secondary N) is 3. The van der Waals surface area contributed by atoms with Crippen molar-refractivity contribution < 1.29 is 22.7 Å². The minimum absolute atomic E-state index is 0.115. The van der Waals surface area contributed by atoms with Crippen molar-refractivity contribution in [2.75, 3.05) is 18.5 Å². The van der Waals surface area contributed by atoms with Crippen molar-refractivity contribution in [1.29, 1.82) is 0 Å². The summed E-state index contributed by atoms with van der Waals surface area (Å²) in [5, 5.41) is 13.2. The molecule has 4 rings (SSSR count). The number of carbonyl (C=O) groups excluding carboxylic acids is 1. The minimum atomic E-state index is -4.50. The van der Waals surface area contributed by atoms with E-state index >= 15 is 0 Å². The van der Waals surface area contributed by atoms with Gasteiger partial charge in [-0.05, 0) is 49.7 Å². The maximum Gasteiger partial charge on any atom is 0.418 e. The molecule has 1 aliphatic heterocycles. The first-order valence-corrected chi connectivity index (χ1v) is 10.9. The zero-order valence-corrected chi connectivity index (χ0v) is 17.8. The van der Waals surface area contributed by atoms with Crippen LogP contribution in [0.1, 0.15) is 45.1 Å². The highest BCUT2D eigenvalue weighted by atomic mass is 19.4. The molecule has 6 nitrogen and oxygen atoms in total. The summed E-state index contributed by atoms with van der Waals surface area (Å²) in [6.07, 6.45) is -0.930. The predicted molar refractivity (Wildman–Crippen MR) is 112 cm³/mol. The van der Waals surface area contributed by atoms with Crippen molar-refractivity contribution in [1.82, 2.24) is 15.5 Å². The number of aromatic amines is 1. The third-order valence-corrected chi connectivity index (χ3v) is 6.64. The quantitative estimate of drug-likeness (QED) is 0.649. The van der Waals surface area contributed by atoms with E-state index < -0.39 is 11.7 Å². The van der Waals surface area contributed by atoms with Gasteiger partial charge in [0.15, 0.2) is 5.82 Å². The average Bonchev–Trinajstić information content (AvgIpc) is 3.32. The van der Waals surface area contributed by atoms with Crippen molar-refractivity contribution in [3.05, 3.63) is 23.8 Å². The first kappa shape index (κ1) is 22.1. The second-order valence-electron chi connectivity index (χ2n) is 9.02. The van der Waals surface area contributed by atoms with Crippen LogP contribution in [0.5, 0.6) is 0 Å². The number of H-pyrrole nitrogens is 1. The van der Waals surface area contributed by atoms with Gasteiger partial charge in [-0.15, -0.1) is 0 Å². The summed E-state index contributed by atoms with van der Waals surface area (Å²) in [5.41, 5.74) is -0.907. The number of hydrogen-bond acceptors (Lipinski definition) is 4. The number of halogens is 3. The Labute approximate surface area is 179 Å². The fourth-order valence-corrected chi connectivity index (χ4v) is 5.03. The lowest BCUT2D eigenvalue weighted by Gasteiger charge is -2.26. The number of fused-ring (bicyclic) bond motifs is 1. The summed E-state index contributed by atoms with van der Waals surface area (Å²) in [5.74, 6) is 0.281. The number of nitrogens with zero attached hydrogens (tertiary/aromatic N) is 1. The first-order chi connectivity index (χ1) is 14.7. The number of benzene rings is 1. The van der Waals surface area contributed by atoms with Crippen LogP contribution in [-0.2, 0) is 15.7 Å². The predicted octanol–water partition coefficient (Wildman–Crippen LogP) is 4.34. The lowest BCUT2D eigenvalue weighted by molar-refractivity contribution is -0.136. The molecule has 1 saturated heterocycles. The van der Waals surface area contributed by atoms with Gasteiger partial charge in [-0.1, -0.05) is 19.9 Å². The number of aromatic nitrogens is 2. The average molecular weight is 438 g/mol. The molecule has 0 bridgehead atoms. The highest BCUT2D eigenvalue weighted by Gasteiger charge is 2.41. The van der Waals surface area contributed by atoms with Gasteiger partial charge >= 0.3 is 6.18 Å². The second kappa shape index (κ2) is 8.78. The standard InChI is InChI=1S/C22H29F3N4O2/c1-12(2)16-10-14(26-13-6-8-31-9-7-13)11-17(16)21(30)27-20-15-4-3-5-18(22(23,24)25)19(15)28-29-20/h3-5,12-14,16-17,26H,6-11H2,1-2H3,(H2,27,28,29,30)/t14-,16?,17-/m1/s1. The zero-order chi connectivity index (χ0) is 22.2. The fourth-order valence-electron chi connectivity index (χ4n) is 5.03. The molecule has 1 saturated carbocycles. The number of amides is 1. The van der Waals surface area contributed by atoms with Crippen molar-refractivity contribution in [3.8, 4) is 0 Å². The summed E-state index contributed by atoms with van der Waals surface area (Å²) in [6, 6.07) is 4.53. The Balaban J connectivity index is 1.49. The molecule has 0 radical (unpaired) electrons. The molecule has 3 N–H and O–H groups in total. The summed E-state index contributed by atoms with van der Waals surface area (Å²) in [7, 11) is 0. The molecule has 170 valence electrons. The molecule has 9 heteroatoms. The molecule has 1 aromatic heterocycles. The van der Waals surface area contributed by atoms with E-state index in [0.717, 1.165) is 38.5 Å². The monoisotopic (exact) mass is 438 g/mol. The van der Waals surface area contributed by atoms with Gasteiger partial charge in [0.25, 0.3) is 0 Å². The highest BCUT2D eigenvalue weighted by molar-refractivity contribution is 6.01. The molecule has 1 aromatic carbocycles. The normalized spacial score (nSPS) is 25.4. The molecule has 2 aliphatic rings. The Morgan fingerprint density at radius 1 is 1.19 bits per heavy atom. The number of anilines is 1. The molecule has 3 atom stereocenters. The van der Waals surface area contributed by atoms with Crippen LogP contribution >= 0.6 is 0 Å². The molecule has 2 heterocycles. The van der Waals surface area contributed by atoms with Gasteiger partial charge in [0.05, 0.1) is 11.1 Å². The molecule has 1 unspecified atom stereocenters. The first-order valence-electron chi connectivity index (χ1n) is 10.9. The molecular weight excluding hydrogens is 409 g/mol. The summed E-state index contributed by atoms with van der Waals surface area (Å²) in [6.45, 7) is 5.74. The van der Waals surface area contributed by atoms with E-state index in [-0.39, 0.29) is 40.5 Å². The number of para-hydroxylation sites is 1. The topological polar surface area (TPSA) is 79.0 Å². The maximum absolute atomic E-state index is 13.3. The van der Waals surface area contributed by atoms with Crippen LogP contribution in [0, 0.1) is 17.8 Å². The highest BCUT2D eigenvalue weighted by Crippen LogP contribution is 2.39. The Kier molecular flexibility index (Phi) is 6.25. The van der Waals surface area contributed by atoms with Crippen LogP contribution in [0.4, 0.5) is 19.0 Å². The van der Waals surface area contributed by atoms with Gasteiger partial charge in [0.2, 0.25) is 5.91 Å². The van der Waals surface area contributed by atoms with Gasteiger partial charge in [-0.25, -0.2) is 0 Å². The molecular formula is C22H29F3N4O2. The summed E-state index contributed by atoms with van der Waals surface area (Å²) in [4.78, 5) is 13.2. The van der Waals surface area contributed by atoms with E-state index in [4.69, 9.17) is 4.74 Å². The fraction of sp³-hybridized carbons (Fsp3) is 0.636. The Morgan fingerprint density at radius 3 is 2.61 bits per heavy atom. The lowest BCUT2D eigenvalue weighted by atomic mass is 9.85. The number of ether oxygens (including phenoxy) is 1. The van der Waals surface area contributed by atoms with E-state index in [1.54, 1.807) is 0 Å². The van der Waals surface area contributed by atoms with Crippen molar-refractivity contribution >= 4 is 22.6 Å². The van der Waals surface area contributed by atoms with Gasteiger partial charge in [-0.2, -0.15) is 18.3 Å². The lowest BCUT2D eigenvalue weighted by Crippen LogP contribution is -2.40. The largest absolute Gasteiger partial charge is 0.418 e. The van der Waals surface area contributed by atoms with Crippen LogP contribution < -0.4 is 10.6 Å². The van der Waals surface area contributed by atoms with Crippen LogP contribution in [0.3, 0.4) is 0 Å². The molecule has 1 aliphatic carbocycles. The third kappa shape index (κ3) is 4.72. The van der Waals surface area contributed by atoms with Gasteiger partial charge in [0.1, 0.15) is 0 Å². The van der Waals surface area contributed by atoms with E-state index in [1.807, 2.05) is 0 Å². The molecule has 2 fully saturated rings. The van der Waals surface area contributed by atoms with Crippen LogP contribution in [-0.4, -0.2) is 41.4 Å². The number of rotatable bonds is 5. The van der Waals surface area contributed by atoms with Gasteiger partial charge in [-0.3, -0.25) is 9.89 Å². The number of hydrogen-bond donors (Lipinski definition) is 3. The second-order valence-corrected chi connectivity index (χ2v) is 9.02. The third-order valence-electron chi connectivity index (χ3n) is 6.64. The van der Waals surface area contributed by atoms with E-state index in [0.29, 0.717) is 18.4 Å². The number of carbonyl (C=O) groups is 1. The van der Waals surface area contributed by atoms with Crippen molar-refractivity contribution in [2.24, 2.45) is 17.8 Å². The van der Waals surface area contributed by atoms with E-state index in [1.165, 1.54) is 12.1 Å². The molecule has 31 heavy (non-hydrogen) atoms. The van der Waals surface area contributed by atoms with Gasteiger partial charge in [0, 0.05) is 36.6 Å². The van der Waals surface area contributed by atoms with Crippen LogP contribution in [0.25, 0.3) is 10.9 Å². The Hall–Kier alpha value is -2.13. The number of alkyl halides is 3. The maximum atomic E-state index is 13.3. The molecule has 1 amide bonds. The van der Waals surface area contributed by atoms with Crippen molar-refractivity contribution in [3.63, 3.8) is 0 Å². The Bertz CT molecular complexity index is 921.